The molecule has 0 atom stereocenters. The first-order valence-corrected chi connectivity index (χ1v) is 9.06. The Balaban J connectivity index is 1.38. The highest BCUT2D eigenvalue weighted by Crippen LogP contribution is 2.23. The highest BCUT2D eigenvalue weighted by atomic mass is 32.1. The summed E-state index contributed by atoms with van der Waals surface area (Å²) < 4.78 is 28.5. The van der Waals surface area contributed by atoms with E-state index >= 15 is 0 Å². The van der Waals surface area contributed by atoms with E-state index in [-0.39, 0.29) is 11.7 Å². The number of rotatable bonds is 7. The molecule has 0 fully saturated rings. The second-order valence-corrected chi connectivity index (χ2v) is 6.95. The molecule has 1 aromatic carbocycles. The van der Waals surface area contributed by atoms with Crippen molar-refractivity contribution in [3.05, 3.63) is 51.7 Å². The number of halogens is 2. The number of carbonyl (C=O) groups is 1. The maximum Gasteiger partial charge on any atom is 0.387 e. The predicted octanol–water partition coefficient (Wildman–Crippen LogP) is 3.07. The van der Waals surface area contributed by atoms with Gasteiger partial charge in [-0.3, -0.25) is 9.69 Å². The third-order valence-electron chi connectivity index (χ3n) is 4.14. The first-order valence-electron chi connectivity index (χ1n) is 8.18. The smallest absolute Gasteiger partial charge is 0.387 e. The number of nitrogens with one attached hydrogen (secondary N) is 1. The molecule has 4 nitrogen and oxygen atoms in total. The summed E-state index contributed by atoms with van der Waals surface area (Å²) in [7, 11) is 0. The molecule has 0 aliphatic carbocycles. The molecule has 0 radical (unpaired) electrons. The van der Waals surface area contributed by atoms with E-state index < -0.39 is 6.61 Å². The maximum atomic E-state index is 12.1. The number of hydrogen-bond donors (Lipinski definition) is 1. The minimum absolute atomic E-state index is 0.0105. The molecule has 1 aromatic heterocycles. The summed E-state index contributed by atoms with van der Waals surface area (Å²) in [6.45, 7) is -0.156. The monoisotopic (exact) mass is 366 g/mol. The second kappa shape index (κ2) is 8.40. The van der Waals surface area contributed by atoms with Crippen molar-refractivity contribution < 1.29 is 18.3 Å². The zero-order valence-corrected chi connectivity index (χ0v) is 14.5. The van der Waals surface area contributed by atoms with E-state index in [1.807, 2.05) is 0 Å². The molecule has 1 N–H and O–H groups in total. The van der Waals surface area contributed by atoms with Gasteiger partial charge in [0.15, 0.2) is 0 Å². The third kappa shape index (κ3) is 5.24. The largest absolute Gasteiger partial charge is 0.435 e. The van der Waals surface area contributed by atoms with E-state index in [0.717, 1.165) is 25.1 Å². The number of amides is 1. The molecule has 1 aliphatic heterocycles. The molecule has 0 spiro atoms. The standard InChI is InChI=1S/C18H20F2N2O2S/c19-18(20)24-15-3-1-13(2-4-15)5-8-21-17(23)12-22-9-6-16-14(11-22)7-10-25-16/h1-4,7,10,18H,5-6,8-9,11-12H2,(H,21,23). The zero-order chi connectivity index (χ0) is 17.6. The minimum Gasteiger partial charge on any atom is -0.435 e. The molecular formula is C18H20F2N2O2S. The van der Waals surface area contributed by atoms with Crippen LogP contribution in [0.5, 0.6) is 5.75 Å². The van der Waals surface area contributed by atoms with Crippen molar-refractivity contribution in [2.24, 2.45) is 0 Å². The van der Waals surface area contributed by atoms with Gasteiger partial charge in [-0.15, -0.1) is 11.3 Å². The average molecular weight is 366 g/mol. The quantitative estimate of drug-likeness (QED) is 0.819. The molecule has 7 heteroatoms. The summed E-state index contributed by atoms with van der Waals surface area (Å²) in [6, 6.07) is 8.61. The van der Waals surface area contributed by atoms with Crippen LogP contribution in [0.15, 0.2) is 35.7 Å². The first-order chi connectivity index (χ1) is 12.1. The van der Waals surface area contributed by atoms with Gasteiger partial charge in [-0.1, -0.05) is 12.1 Å². The fraction of sp³-hybridized carbons (Fsp3) is 0.389. The number of benzene rings is 1. The molecule has 1 aliphatic rings. The molecule has 1 amide bonds. The van der Waals surface area contributed by atoms with Crippen molar-refractivity contribution >= 4 is 17.2 Å². The fourth-order valence-electron chi connectivity index (χ4n) is 2.88. The molecule has 25 heavy (non-hydrogen) atoms. The lowest BCUT2D eigenvalue weighted by Crippen LogP contribution is -2.40. The van der Waals surface area contributed by atoms with Gasteiger partial charge in [0.2, 0.25) is 5.91 Å². The summed E-state index contributed by atoms with van der Waals surface area (Å²) in [4.78, 5) is 15.7. The van der Waals surface area contributed by atoms with Crippen LogP contribution in [0.25, 0.3) is 0 Å². The van der Waals surface area contributed by atoms with Gasteiger partial charge in [0.1, 0.15) is 5.75 Å². The Morgan fingerprint density at radius 1 is 1.28 bits per heavy atom. The Bertz CT molecular complexity index is 703. The van der Waals surface area contributed by atoms with Crippen molar-refractivity contribution in [3.8, 4) is 5.75 Å². The minimum atomic E-state index is -2.81. The fourth-order valence-corrected chi connectivity index (χ4v) is 3.77. The summed E-state index contributed by atoms with van der Waals surface area (Å²) in [5, 5.41) is 5.02. The first kappa shape index (κ1) is 17.8. The summed E-state index contributed by atoms with van der Waals surface area (Å²) in [5.74, 6) is 0.150. The van der Waals surface area contributed by atoms with E-state index in [1.54, 1.807) is 23.5 Å². The van der Waals surface area contributed by atoms with E-state index in [9.17, 15) is 13.6 Å². The van der Waals surface area contributed by atoms with Crippen LogP contribution in [0.1, 0.15) is 16.0 Å². The molecule has 0 saturated carbocycles. The van der Waals surface area contributed by atoms with Gasteiger partial charge in [-0.2, -0.15) is 8.78 Å². The van der Waals surface area contributed by atoms with Gasteiger partial charge >= 0.3 is 6.61 Å². The second-order valence-electron chi connectivity index (χ2n) is 5.95. The normalized spacial score (nSPS) is 14.4. The molecule has 0 unspecified atom stereocenters. The van der Waals surface area contributed by atoms with E-state index in [0.29, 0.717) is 19.5 Å². The maximum absolute atomic E-state index is 12.1. The molecule has 2 heterocycles. The van der Waals surface area contributed by atoms with Gasteiger partial charge in [0.05, 0.1) is 6.54 Å². The summed E-state index contributed by atoms with van der Waals surface area (Å²) >= 11 is 1.78. The lowest BCUT2D eigenvalue weighted by Gasteiger charge is -2.26. The van der Waals surface area contributed by atoms with Gasteiger partial charge in [-0.05, 0) is 47.5 Å². The molecule has 2 aromatic rings. The van der Waals surface area contributed by atoms with Crippen LogP contribution in [0.3, 0.4) is 0 Å². The van der Waals surface area contributed by atoms with E-state index in [4.69, 9.17) is 0 Å². The Labute approximate surface area is 149 Å². The van der Waals surface area contributed by atoms with Gasteiger partial charge < -0.3 is 10.1 Å². The Morgan fingerprint density at radius 2 is 2.08 bits per heavy atom. The van der Waals surface area contributed by atoms with Crippen LogP contribution < -0.4 is 10.1 Å². The van der Waals surface area contributed by atoms with Crippen molar-refractivity contribution in [2.75, 3.05) is 19.6 Å². The zero-order valence-electron chi connectivity index (χ0n) is 13.7. The number of nitrogens with zero attached hydrogens (tertiary/aromatic N) is 1. The molecule has 134 valence electrons. The molecule has 3 rings (SSSR count). The van der Waals surface area contributed by atoms with Crippen LogP contribution in [-0.4, -0.2) is 37.1 Å². The highest BCUT2D eigenvalue weighted by Gasteiger charge is 2.18. The van der Waals surface area contributed by atoms with Gasteiger partial charge in [0, 0.05) is 24.5 Å². The number of hydrogen-bond acceptors (Lipinski definition) is 4. The van der Waals surface area contributed by atoms with Crippen molar-refractivity contribution in [1.29, 1.82) is 0 Å². The van der Waals surface area contributed by atoms with Crippen LogP contribution >= 0.6 is 11.3 Å². The Morgan fingerprint density at radius 3 is 2.84 bits per heavy atom. The van der Waals surface area contributed by atoms with Crippen LogP contribution in [0, 0.1) is 0 Å². The summed E-state index contributed by atoms with van der Waals surface area (Å²) in [5.41, 5.74) is 2.29. The molecule has 0 bridgehead atoms. The number of thiophene rings is 1. The predicted molar refractivity (Wildman–Crippen MR) is 93.1 cm³/mol. The molecule has 0 saturated heterocycles. The lowest BCUT2D eigenvalue weighted by atomic mass is 10.1. The number of carbonyl (C=O) groups excluding carboxylic acids is 1. The lowest BCUT2D eigenvalue weighted by molar-refractivity contribution is -0.122. The SMILES string of the molecule is O=C(CN1CCc2sccc2C1)NCCc1ccc(OC(F)F)cc1. The number of ether oxygens (including phenoxy) is 1. The van der Waals surface area contributed by atoms with Crippen LogP contribution in [0.2, 0.25) is 0 Å². The van der Waals surface area contributed by atoms with Crippen LogP contribution in [-0.2, 0) is 24.2 Å². The average Bonchev–Trinajstić information content (AvgIpc) is 3.03. The van der Waals surface area contributed by atoms with Crippen molar-refractivity contribution in [2.45, 2.75) is 26.0 Å². The van der Waals surface area contributed by atoms with Crippen molar-refractivity contribution in [3.63, 3.8) is 0 Å². The van der Waals surface area contributed by atoms with E-state index in [1.165, 1.54) is 22.6 Å². The van der Waals surface area contributed by atoms with Crippen LogP contribution in [0.4, 0.5) is 8.78 Å². The van der Waals surface area contributed by atoms with Gasteiger partial charge in [0.25, 0.3) is 0 Å². The molecular weight excluding hydrogens is 346 g/mol. The van der Waals surface area contributed by atoms with Gasteiger partial charge in [-0.25, -0.2) is 0 Å². The third-order valence-corrected chi connectivity index (χ3v) is 5.16. The summed E-state index contributed by atoms with van der Waals surface area (Å²) in [6.07, 6.45) is 1.66. The highest BCUT2D eigenvalue weighted by molar-refractivity contribution is 7.10. The number of alkyl halides is 2. The topological polar surface area (TPSA) is 41.6 Å². The Hall–Kier alpha value is -1.99. The van der Waals surface area contributed by atoms with E-state index in [2.05, 4.69) is 26.4 Å². The Kier molecular flexibility index (Phi) is 5.99. The van der Waals surface area contributed by atoms with Crippen molar-refractivity contribution in [1.82, 2.24) is 10.2 Å². The number of fused-ring (bicyclic) bond motifs is 1.